The Kier molecular flexibility index (Phi) is 5.91. The molecule has 0 saturated carbocycles. The van der Waals surface area contributed by atoms with E-state index in [1.54, 1.807) is 13.3 Å². The lowest BCUT2D eigenvalue weighted by atomic mass is 9.89. The SMILES string of the molecule is COc1cccc(N2CCC(N3CCCC(C(=O)c4ccccn4)C3)CC2)c1. The highest BCUT2D eigenvalue weighted by atomic mass is 16.5. The fourth-order valence-electron chi connectivity index (χ4n) is 4.57. The van der Waals surface area contributed by atoms with Crippen molar-refractivity contribution in [2.75, 3.05) is 38.2 Å². The average molecular weight is 380 g/mol. The van der Waals surface area contributed by atoms with Gasteiger partial charge in [0.25, 0.3) is 0 Å². The minimum absolute atomic E-state index is 0.0834. The molecule has 2 saturated heterocycles. The van der Waals surface area contributed by atoms with E-state index in [1.807, 2.05) is 24.3 Å². The van der Waals surface area contributed by atoms with Crippen LogP contribution in [0.1, 0.15) is 36.2 Å². The number of piperidine rings is 2. The van der Waals surface area contributed by atoms with Gasteiger partial charge in [0.05, 0.1) is 7.11 Å². The summed E-state index contributed by atoms with van der Waals surface area (Å²) >= 11 is 0. The van der Waals surface area contributed by atoms with Crippen LogP contribution in [0.5, 0.6) is 5.75 Å². The number of carbonyl (C=O) groups is 1. The summed E-state index contributed by atoms with van der Waals surface area (Å²) in [6.07, 6.45) is 6.07. The summed E-state index contributed by atoms with van der Waals surface area (Å²) in [5.41, 5.74) is 1.85. The lowest BCUT2D eigenvalue weighted by molar-refractivity contribution is 0.0715. The number of rotatable bonds is 5. The molecule has 1 unspecified atom stereocenters. The molecular formula is C23H29N3O2. The molecule has 0 aliphatic carbocycles. The van der Waals surface area contributed by atoms with E-state index in [9.17, 15) is 4.79 Å². The van der Waals surface area contributed by atoms with Gasteiger partial charge in [-0.15, -0.1) is 0 Å². The zero-order valence-electron chi connectivity index (χ0n) is 16.6. The molecule has 1 aromatic carbocycles. The molecule has 0 radical (unpaired) electrons. The van der Waals surface area contributed by atoms with Crippen LogP contribution in [0, 0.1) is 5.92 Å². The van der Waals surface area contributed by atoms with E-state index in [0.717, 1.165) is 57.6 Å². The summed E-state index contributed by atoms with van der Waals surface area (Å²) < 4.78 is 5.36. The molecule has 148 valence electrons. The first kappa shape index (κ1) is 18.9. The number of nitrogens with zero attached hydrogens (tertiary/aromatic N) is 3. The normalized spacial score (nSPS) is 21.5. The van der Waals surface area contributed by atoms with E-state index >= 15 is 0 Å². The third-order valence-electron chi connectivity index (χ3n) is 6.14. The van der Waals surface area contributed by atoms with Crippen molar-refractivity contribution in [1.29, 1.82) is 0 Å². The van der Waals surface area contributed by atoms with Crippen molar-refractivity contribution in [3.05, 3.63) is 54.4 Å². The van der Waals surface area contributed by atoms with Gasteiger partial charge in [0.1, 0.15) is 11.4 Å². The quantitative estimate of drug-likeness (QED) is 0.742. The fourth-order valence-corrected chi connectivity index (χ4v) is 4.57. The van der Waals surface area contributed by atoms with Crippen molar-refractivity contribution < 1.29 is 9.53 Å². The number of ether oxygens (including phenoxy) is 1. The van der Waals surface area contributed by atoms with Crippen molar-refractivity contribution in [2.45, 2.75) is 31.7 Å². The lowest BCUT2D eigenvalue weighted by Gasteiger charge is -2.42. The number of pyridine rings is 1. The molecule has 1 aromatic heterocycles. The summed E-state index contributed by atoms with van der Waals surface area (Å²) in [5.74, 6) is 1.20. The zero-order chi connectivity index (χ0) is 19.3. The van der Waals surface area contributed by atoms with Crippen LogP contribution in [-0.4, -0.2) is 55.0 Å². The fraction of sp³-hybridized carbons (Fsp3) is 0.478. The van der Waals surface area contributed by atoms with Crippen LogP contribution in [0.2, 0.25) is 0 Å². The summed E-state index contributed by atoms with van der Waals surface area (Å²) in [6.45, 7) is 4.08. The maximum Gasteiger partial charge on any atom is 0.185 e. The zero-order valence-corrected chi connectivity index (χ0v) is 16.6. The number of aromatic nitrogens is 1. The second-order valence-corrected chi connectivity index (χ2v) is 7.83. The molecule has 3 heterocycles. The lowest BCUT2D eigenvalue weighted by Crippen LogP contribution is -2.49. The number of methoxy groups -OCH3 is 1. The maximum absolute atomic E-state index is 12.8. The number of benzene rings is 1. The van der Waals surface area contributed by atoms with E-state index < -0.39 is 0 Å². The molecule has 0 N–H and O–H groups in total. The Morgan fingerprint density at radius 3 is 2.68 bits per heavy atom. The van der Waals surface area contributed by atoms with Crippen molar-refractivity contribution in [3.63, 3.8) is 0 Å². The predicted octanol–water partition coefficient (Wildman–Crippen LogP) is 3.65. The molecule has 2 aromatic rings. The highest BCUT2D eigenvalue weighted by molar-refractivity contribution is 5.96. The van der Waals surface area contributed by atoms with Crippen LogP contribution < -0.4 is 9.64 Å². The number of ketones is 1. The summed E-state index contributed by atoms with van der Waals surface area (Å²) in [7, 11) is 1.71. The summed E-state index contributed by atoms with van der Waals surface area (Å²) in [4.78, 5) is 22.1. The molecule has 1 atom stereocenters. The van der Waals surface area contributed by atoms with Crippen LogP contribution in [0.4, 0.5) is 5.69 Å². The molecule has 2 aliphatic rings. The van der Waals surface area contributed by atoms with Crippen molar-refractivity contribution in [3.8, 4) is 5.75 Å². The molecule has 5 nitrogen and oxygen atoms in total. The van der Waals surface area contributed by atoms with Crippen LogP contribution in [0.15, 0.2) is 48.7 Å². The number of anilines is 1. The highest BCUT2D eigenvalue weighted by Gasteiger charge is 2.32. The van der Waals surface area contributed by atoms with Gasteiger partial charge in [-0.2, -0.15) is 0 Å². The third kappa shape index (κ3) is 4.20. The molecule has 0 spiro atoms. The number of carbonyl (C=O) groups excluding carboxylic acids is 1. The molecule has 2 fully saturated rings. The molecule has 0 bridgehead atoms. The van der Waals surface area contributed by atoms with Gasteiger partial charge in [0.15, 0.2) is 5.78 Å². The second kappa shape index (κ2) is 8.74. The topological polar surface area (TPSA) is 45.7 Å². The molecular weight excluding hydrogens is 350 g/mol. The Balaban J connectivity index is 1.34. The average Bonchev–Trinajstić information content (AvgIpc) is 2.79. The van der Waals surface area contributed by atoms with Crippen LogP contribution in [0.3, 0.4) is 0 Å². The Morgan fingerprint density at radius 1 is 1.07 bits per heavy atom. The van der Waals surface area contributed by atoms with Gasteiger partial charge >= 0.3 is 0 Å². The van der Waals surface area contributed by atoms with Gasteiger partial charge in [-0.05, 0) is 56.5 Å². The standard InChI is InChI=1S/C23H29N3O2/c1-28-21-8-4-7-20(16-21)25-14-10-19(11-15-25)26-13-5-6-18(17-26)23(27)22-9-2-3-12-24-22/h2-4,7-9,12,16,18-19H,5-6,10-11,13-15,17H2,1H3. The van der Waals surface area contributed by atoms with Crippen molar-refractivity contribution in [2.24, 2.45) is 5.92 Å². The van der Waals surface area contributed by atoms with E-state index in [2.05, 4.69) is 33.0 Å². The van der Waals surface area contributed by atoms with Crippen LogP contribution in [-0.2, 0) is 0 Å². The largest absolute Gasteiger partial charge is 0.497 e. The first-order valence-corrected chi connectivity index (χ1v) is 10.3. The van der Waals surface area contributed by atoms with Gasteiger partial charge in [0, 0.05) is 49.5 Å². The Hall–Kier alpha value is -2.40. The Bertz CT molecular complexity index is 787. The van der Waals surface area contributed by atoms with E-state index in [0.29, 0.717) is 11.7 Å². The number of likely N-dealkylation sites (tertiary alicyclic amines) is 1. The van der Waals surface area contributed by atoms with Gasteiger partial charge < -0.3 is 9.64 Å². The summed E-state index contributed by atoms with van der Waals surface area (Å²) in [6, 6.07) is 14.5. The van der Waals surface area contributed by atoms with E-state index in [-0.39, 0.29) is 11.7 Å². The highest BCUT2D eigenvalue weighted by Crippen LogP contribution is 2.29. The van der Waals surface area contributed by atoms with Crippen LogP contribution in [0.25, 0.3) is 0 Å². The first-order chi connectivity index (χ1) is 13.7. The minimum atomic E-state index is 0.0834. The van der Waals surface area contributed by atoms with Gasteiger partial charge in [0.2, 0.25) is 0 Å². The molecule has 4 rings (SSSR count). The molecule has 28 heavy (non-hydrogen) atoms. The Labute approximate surface area is 167 Å². The summed E-state index contributed by atoms with van der Waals surface area (Å²) in [5, 5.41) is 0. The van der Waals surface area contributed by atoms with Crippen molar-refractivity contribution >= 4 is 11.5 Å². The monoisotopic (exact) mass is 379 g/mol. The van der Waals surface area contributed by atoms with Gasteiger partial charge in [-0.3, -0.25) is 14.7 Å². The van der Waals surface area contributed by atoms with E-state index in [4.69, 9.17) is 4.74 Å². The molecule has 0 amide bonds. The van der Waals surface area contributed by atoms with Gasteiger partial charge in [-0.25, -0.2) is 0 Å². The maximum atomic E-state index is 12.8. The number of hydrogen-bond acceptors (Lipinski definition) is 5. The Morgan fingerprint density at radius 2 is 1.93 bits per heavy atom. The minimum Gasteiger partial charge on any atom is -0.497 e. The smallest absolute Gasteiger partial charge is 0.185 e. The van der Waals surface area contributed by atoms with Gasteiger partial charge in [-0.1, -0.05) is 12.1 Å². The van der Waals surface area contributed by atoms with Crippen molar-refractivity contribution in [1.82, 2.24) is 9.88 Å². The number of hydrogen-bond donors (Lipinski definition) is 0. The number of Topliss-reactive ketones (excluding diaryl/α,β-unsaturated/α-hetero) is 1. The van der Waals surface area contributed by atoms with E-state index in [1.165, 1.54) is 5.69 Å². The predicted molar refractivity (Wildman–Crippen MR) is 111 cm³/mol. The first-order valence-electron chi connectivity index (χ1n) is 10.3. The molecule has 2 aliphatic heterocycles. The van der Waals surface area contributed by atoms with Crippen LogP contribution >= 0.6 is 0 Å². The molecule has 5 heteroatoms. The third-order valence-corrected chi connectivity index (χ3v) is 6.14. The second-order valence-electron chi connectivity index (χ2n) is 7.83.